The number of benzene rings is 1. The topological polar surface area (TPSA) is 53.2 Å². The first-order valence-corrected chi connectivity index (χ1v) is 5.45. The van der Waals surface area contributed by atoms with Crippen molar-refractivity contribution in [3.8, 4) is 11.8 Å². The molecule has 1 aromatic carbocycles. The highest BCUT2D eigenvalue weighted by atomic mass is 16.5. The van der Waals surface area contributed by atoms with Gasteiger partial charge in [0.15, 0.2) is 0 Å². The van der Waals surface area contributed by atoms with Crippen molar-refractivity contribution in [3.05, 3.63) is 29.8 Å². The molecule has 1 rings (SSSR count). The second-order valence-corrected chi connectivity index (χ2v) is 3.71. The number of nitrogens with zero attached hydrogens (tertiary/aromatic N) is 1. The van der Waals surface area contributed by atoms with Gasteiger partial charge in [-0.2, -0.15) is 5.26 Å². The Morgan fingerprint density at radius 1 is 1.44 bits per heavy atom. The summed E-state index contributed by atoms with van der Waals surface area (Å²) in [6.07, 6.45) is 0.793. The second kappa shape index (κ2) is 6.14. The summed E-state index contributed by atoms with van der Waals surface area (Å²) < 4.78 is 5.17. The van der Waals surface area contributed by atoms with Crippen LogP contribution >= 0.6 is 0 Å². The molecule has 0 aliphatic heterocycles. The Hall–Kier alpha value is -1.53. The van der Waals surface area contributed by atoms with Gasteiger partial charge < -0.3 is 9.84 Å². The summed E-state index contributed by atoms with van der Waals surface area (Å²) in [5.74, 6) is 0.257. The Morgan fingerprint density at radius 3 is 2.69 bits per heavy atom. The van der Waals surface area contributed by atoms with Gasteiger partial charge in [0.25, 0.3) is 0 Å². The second-order valence-electron chi connectivity index (χ2n) is 3.71. The first kappa shape index (κ1) is 12.5. The highest BCUT2D eigenvalue weighted by molar-refractivity contribution is 5.35. The van der Waals surface area contributed by atoms with Gasteiger partial charge in [-0.25, -0.2) is 0 Å². The molecule has 2 atom stereocenters. The molecule has 16 heavy (non-hydrogen) atoms. The van der Waals surface area contributed by atoms with Crippen LogP contribution in [-0.4, -0.2) is 12.2 Å². The predicted molar refractivity (Wildman–Crippen MR) is 62.0 cm³/mol. The van der Waals surface area contributed by atoms with E-state index in [2.05, 4.69) is 6.07 Å². The van der Waals surface area contributed by atoms with E-state index in [0.717, 1.165) is 6.42 Å². The molecule has 0 radical (unpaired) electrons. The predicted octanol–water partition coefficient (Wildman–Crippen LogP) is 2.67. The molecule has 0 saturated heterocycles. The van der Waals surface area contributed by atoms with E-state index >= 15 is 0 Å². The highest BCUT2D eigenvalue weighted by Crippen LogP contribution is 2.31. The Bertz CT molecular complexity index is 370. The lowest BCUT2D eigenvalue weighted by molar-refractivity contribution is 0.126. The van der Waals surface area contributed by atoms with E-state index in [1.54, 1.807) is 19.2 Å². The Balaban J connectivity index is 2.94. The largest absolute Gasteiger partial charge is 0.496 e. The molecule has 0 aromatic heterocycles. The Morgan fingerprint density at radius 2 is 2.12 bits per heavy atom. The van der Waals surface area contributed by atoms with Gasteiger partial charge in [0, 0.05) is 5.56 Å². The lowest BCUT2D eigenvalue weighted by atomic mass is 9.92. The summed E-state index contributed by atoms with van der Waals surface area (Å²) in [5.41, 5.74) is 0.685. The fourth-order valence-corrected chi connectivity index (χ4v) is 1.73. The standard InChI is InChI=1S/C13H17NO2/c1-3-6-10(9-14)13(15)11-7-4-5-8-12(11)16-2/h4-5,7-8,10,13,15H,3,6H2,1-2H3. The molecule has 3 nitrogen and oxygen atoms in total. The molecule has 0 bridgehead atoms. The van der Waals surface area contributed by atoms with Crippen LogP contribution in [0.2, 0.25) is 0 Å². The number of nitriles is 1. The molecular weight excluding hydrogens is 202 g/mol. The van der Waals surface area contributed by atoms with E-state index in [0.29, 0.717) is 17.7 Å². The first-order chi connectivity index (χ1) is 7.74. The molecule has 0 saturated carbocycles. The molecule has 0 spiro atoms. The molecule has 0 aliphatic rings. The molecule has 1 N–H and O–H groups in total. The average molecular weight is 219 g/mol. The van der Waals surface area contributed by atoms with Gasteiger partial charge in [0.1, 0.15) is 5.75 Å². The highest BCUT2D eigenvalue weighted by Gasteiger charge is 2.22. The van der Waals surface area contributed by atoms with Crippen molar-refractivity contribution in [2.45, 2.75) is 25.9 Å². The number of aliphatic hydroxyl groups excluding tert-OH is 1. The SMILES string of the molecule is CCCC(C#N)C(O)c1ccccc1OC. The van der Waals surface area contributed by atoms with Crippen LogP contribution in [0, 0.1) is 17.2 Å². The monoisotopic (exact) mass is 219 g/mol. The number of hydrogen-bond acceptors (Lipinski definition) is 3. The Labute approximate surface area is 96.3 Å². The maximum Gasteiger partial charge on any atom is 0.124 e. The summed E-state index contributed by atoms with van der Waals surface area (Å²) in [5, 5.41) is 19.1. The fourth-order valence-electron chi connectivity index (χ4n) is 1.73. The summed E-state index contributed by atoms with van der Waals surface area (Å²) in [7, 11) is 1.56. The third-order valence-corrected chi connectivity index (χ3v) is 2.60. The number of methoxy groups -OCH3 is 1. The molecule has 86 valence electrons. The molecule has 2 unspecified atom stereocenters. The van der Waals surface area contributed by atoms with Crippen LogP contribution in [0.4, 0.5) is 0 Å². The minimum Gasteiger partial charge on any atom is -0.496 e. The average Bonchev–Trinajstić information content (AvgIpc) is 2.35. The van der Waals surface area contributed by atoms with Crippen LogP contribution in [0.15, 0.2) is 24.3 Å². The van der Waals surface area contributed by atoms with Crippen molar-refractivity contribution >= 4 is 0 Å². The molecule has 0 aliphatic carbocycles. The minimum atomic E-state index is -0.777. The van der Waals surface area contributed by atoms with E-state index in [-0.39, 0.29) is 5.92 Å². The van der Waals surface area contributed by atoms with Crippen LogP contribution in [0.1, 0.15) is 31.4 Å². The first-order valence-electron chi connectivity index (χ1n) is 5.45. The summed E-state index contributed by atoms with van der Waals surface area (Å²) in [6.45, 7) is 2.00. The van der Waals surface area contributed by atoms with Gasteiger partial charge in [-0.3, -0.25) is 0 Å². The van der Waals surface area contributed by atoms with Gasteiger partial charge in [-0.1, -0.05) is 31.5 Å². The molecule has 0 heterocycles. The van der Waals surface area contributed by atoms with Crippen molar-refractivity contribution in [2.75, 3.05) is 7.11 Å². The van der Waals surface area contributed by atoms with Crippen molar-refractivity contribution in [3.63, 3.8) is 0 Å². The van der Waals surface area contributed by atoms with E-state index in [1.807, 2.05) is 19.1 Å². The van der Waals surface area contributed by atoms with E-state index in [9.17, 15) is 5.11 Å². The fraction of sp³-hybridized carbons (Fsp3) is 0.462. The van der Waals surface area contributed by atoms with Crippen LogP contribution in [0.5, 0.6) is 5.75 Å². The van der Waals surface area contributed by atoms with E-state index in [1.165, 1.54) is 0 Å². The van der Waals surface area contributed by atoms with Gasteiger partial charge in [-0.05, 0) is 12.5 Å². The minimum absolute atomic E-state index is 0.374. The zero-order valence-electron chi connectivity index (χ0n) is 9.68. The summed E-state index contributed by atoms with van der Waals surface area (Å²) >= 11 is 0. The van der Waals surface area contributed by atoms with Crippen molar-refractivity contribution in [2.24, 2.45) is 5.92 Å². The molecule has 0 fully saturated rings. The lowest BCUT2D eigenvalue weighted by Gasteiger charge is -2.18. The molecular formula is C13H17NO2. The summed E-state index contributed by atoms with van der Waals surface area (Å²) in [4.78, 5) is 0. The van der Waals surface area contributed by atoms with Crippen molar-refractivity contribution in [1.29, 1.82) is 5.26 Å². The van der Waals surface area contributed by atoms with E-state index in [4.69, 9.17) is 10.00 Å². The maximum absolute atomic E-state index is 10.1. The molecule has 3 heteroatoms. The van der Waals surface area contributed by atoms with Crippen LogP contribution in [-0.2, 0) is 0 Å². The van der Waals surface area contributed by atoms with Gasteiger partial charge in [-0.15, -0.1) is 0 Å². The zero-order valence-corrected chi connectivity index (χ0v) is 9.68. The quantitative estimate of drug-likeness (QED) is 0.828. The van der Waals surface area contributed by atoms with Crippen molar-refractivity contribution in [1.82, 2.24) is 0 Å². The van der Waals surface area contributed by atoms with E-state index < -0.39 is 6.10 Å². The molecule has 1 aromatic rings. The number of ether oxygens (including phenoxy) is 1. The zero-order chi connectivity index (χ0) is 12.0. The lowest BCUT2D eigenvalue weighted by Crippen LogP contribution is -2.11. The van der Waals surface area contributed by atoms with Gasteiger partial charge in [0.05, 0.1) is 25.2 Å². The number of para-hydroxylation sites is 1. The van der Waals surface area contributed by atoms with Gasteiger partial charge in [0.2, 0.25) is 0 Å². The normalized spacial score (nSPS) is 13.9. The van der Waals surface area contributed by atoms with Crippen LogP contribution < -0.4 is 4.74 Å². The smallest absolute Gasteiger partial charge is 0.124 e. The van der Waals surface area contributed by atoms with Crippen LogP contribution in [0.3, 0.4) is 0 Å². The maximum atomic E-state index is 10.1. The number of rotatable bonds is 5. The number of hydrogen-bond donors (Lipinski definition) is 1. The molecule has 0 amide bonds. The van der Waals surface area contributed by atoms with Crippen LogP contribution in [0.25, 0.3) is 0 Å². The summed E-state index contributed by atoms with van der Waals surface area (Å²) in [6, 6.07) is 9.41. The van der Waals surface area contributed by atoms with Crippen molar-refractivity contribution < 1.29 is 9.84 Å². The Kier molecular flexibility index (Phi) is 4.81. The number of aliphatic hydroxyl groups is 1. The van der Waals surface area contributed by atoms with Gasteiger partial charge >= 0.3 is 0 Å². The third-order valence-electron chi connectivity index (χ3n) is 2.60. The third kappa shape index (κ3) is 2.74.